The van der Waals surface area contributed by atoms with Gasteiger partial charge in [0.25, 0.3) is 0 Å². The Bertz CT molecular complexity index is 944. The van der Waals surface area contributed by atoms with E-state index in [-0.39, 0.29) is 17.6 Å². The number of aryl methyl sites for hydroxylation is 1. The highest BCUT2D eigenvalue weighted by atomic mass is 19.3. The van der Waals surface area contributed by atoms with Gasteiger partial charge in [0.15, 0.2) is 0 Å². The molecule has 1 saturated heterocycles. The first kappa shape index (κ1) is 22.2. The van der Waals surface area contributed by atoms with Gasteiger partial charge in [-0.1, -0.05) is 30.3 Å². The summed E-state index contributed by atoms with van der Waals surface area (Å²) in [7, 11) is 0. The Hall–Kier alpha value is -3.00. The van der Waals surface area contributed by atoms with Crippen molar-refractivity contribution in [3.63, 3.8) is 0 Å². The predicted molar refractivity (Wildman–Crippen MR) is 117 cm³/mol. The molecule has 170 valence electrons. The van der Waals surface area contributed by atoms with Crippen molar-refractivity contribution in [3.8, 4) is 5.75 Å². The summed E-state index contributed by atoms with van der Waals surface area (Å²) < 4.78 is 28.8. The first-order chi connectivity index (χ1) is 15.5. The molecule has 0 aromatic heterocycles. The third-order valence-corrected chi connectivity index (χ3v) is 6.05. The molecule has 6 nitrogen and oxygen atoms in total. The number of anilines is 1. The fraction of sp³-hybridized carbons (Fsp3) is 0.417. The highest BCUT2D eigenvalue weighted by Crippen LogP contribution is 2.27. The summed E-state index contributed by atoms with van der Waals surface area (Å²) in [5, 5.41) is 0. The number of hydrogen-bond acceptors (Lipinski definition) is 4. The number of fused-ring (bicyclic) bond motifs is 1. The molecular weight excluding hydrogens is 416 g/mol. The molecule has 4 rings (SSSR count). The van der Waals surface area contributed by atoms with Gasteiger partial charge in [-0.05, 0) is 42.2 Å². The molecule has 2 aromatic rings. The van der Waals surface area contributed by atoms with Crippen molar-refractivity contribution < 1.29 is 23.1 Å². The first-order valence-electron chi connectivity index (χ1n) is 10.9. The number of ether oxygens (including phenoxy) is 1. The minimum Gasteiger partial charge on any atom is -0.435 e. The zero-order valence-corrected chi connectivity index (χ0v) is 17.9. The number of hydrogen-bond donors (Lipinski definition) is 0. The van der Waals surface area contributed by atoms with E-state index in [9.17, 15) is 18.4 Å². The van der Waals surface area contributed by atoms with E-state index in [1.165, 1.54) is 17.7 Å². The van der Waals surface area contributed by atoms with Crippen molar-refractivity contribution >= 4 is 17.5 Å². The van der Waals surface area contributed by atoms with E-state index in [4.69, 9.17) is 0 Å². The largest absolute Gasteiger partial charge is 0.435 e. The zero-order valence-electron chi connectivity index (χ0n) is 17.9. The van der Waals surface area contributed by atoms with Gasteiger partial charge < -0.3 is 14.5 Å². The molecule has 2 aliphatic rings. The number of carbonyl (C=O) groups excluding carboxylic acids is 2. The molecule has 32 heavy (non-hydrogen) atoms. The lowest BCUT2D eigenvalue weighted by Gasteiger charge is -2.35. The van der Waals surface area contributed by atoms with Crippen LogP contribution in [0.1, 0.15) is 17.5 Å². The molecule has 0 spiro atoms. The SMILES string of the molecule is O=C(CCc1ccc(OC(F)F)cc1)N1CCN(CC(=O)N2CCc3ccccc32)CC1. The fourth-order valence-electron chi connectivity index (χ4n) is 4.28. The average molecular weight is 443 g/mol. The van der Waals surface area contributed by atoms with Crippen LogP contribution < -0.4 is 9.64 Å². The quantitative estimate of drug-likeness (QED) is 0.660. The Labute approximate surface area is 186 Å². The van der Waals surface area contributed by atoms with E-state index in [0.717, 1.165) is 24.2 Å². The molecular formula is C24H27F2N3O3. The maximum absolute atomic E-state index is 12.8. The normalized spacial score (nSPS) is 16.3. The number of halogens is 2. The van der Waals surface area contributed by atoms with E-state index in [2.05, 4.69) is 15.7 Å². The van der Waals surface area contributed by atoms with E-state index in [1.54, 1.807) is 12.1 Å². The number of rotatable bonds is 7. The van der Waals surface area contributed by atoms with Crippen LogP contribution in [0.5, 0.6) is 5.75 Å². The topological polar surface area (TPSA) is 53.1 Å². The van der Waals surface area contributed by atoms with Crippen LogP contribution in [0, 0.1) is 0 Å². The van der Waals surface area contributed by atoms with Crippen LogP contribution in [0.4, 0.5) is 14.5 Å². The standard InChI is InChI=1S/C24H27F2N3O3/c25-24(26)32-20-8-5-18(6-9-20)7-10-22(30)28-15-13-27(14-16-28)17-23(31)29-12-11-19-3-1-2-4-21(19)29/h1-6,8-9,24H,7,10-17H2. The number of nitrogens with zero attached hydrogens (tertiary/aromatic N) is 3. The first-order valence-corrected chi connectivity index (χ1v) is 10.9. The Morgan fingerprint density at radius 1 is 0.906 bits per heavy atom. The Morgan fingerprint density at radius 2 is 1.62 bits per heavy atom. The highest BCUT2D eigenvalue weighted by molar-refractivity contribution is 5.96. The Balaban J connectivity index is 1.20. The smallest absolute Gasteiger partial charge is 0.387 e. The summed E-state index contributed by atoms with van der Waals surface area (Å²) >= 11 is 0. The summed E-state index contributed by atoms with van der Waals surface area (Å²) in [5.74, 6) is 0.282. The lowest BCUT2D eigenvalue weighted by molar-refractivity contribution is -0.133. The van der Waals surface area contributed by atoms with Gasteiger partial charge >= 0.3 is 6.61 Å². The summed E-state index contributed by atoms with van der Waals surface area (Å²) in [4.78, 5) is 31.2. The van der Waals surface area contributed by atoms with Crippen molar-refractivity contribution in [1.82, 2.24) is 9.80 Å². The van der Waals surface area contributed by atoms with E-state index < -0.39 is 6.61 Å². The third-order valence-electron chi connectivity index (χ3n) is 6.05. The number of piperazine rings is 1. The fourth-order valence-corrected chi connectivity index (χ4v) is 4.28. The third kappa shape index (κ3) is 5.43. The molecule has 0 unspecified atom stereocenters. The lowest BCUT2D eigenvalue weighted by atomic mass is 10.1. The summed E-state index contributed by atoms with van der Waals surface area (Å²) in [6, 6.07) is 14.4. The molecule has 0 radical (unpaired) electrons. The van der Waals surface area contributed by atoms with Crippen LogP contribution in [0.15, 0.2) is 48.5 Å². The maximum atomic E-state index is 12.8. The van der Waals surface area contributed by atoms with Gasteiger partial charge in [0.2, 0.25) is 11.8 Å². The van der Waals surface area contributed by atoms with Crippen LogP contribution in [-0.2, 0) is 22.4 Å². The molecule has 2 aliphatic heterocycles. The second kappa shape index (κ2) is 10.1. The van der Waals surface area contributed by atoms with Crippen LogP contribution in [0.3, 0.4) is 0 Å². The summed E-state index contributed by atoms with van der Waals surface area (Å²) in [6.45, 7) is 0.796. The summed E-state index contributed by atoms with van der Waals surface area (Å²) in [6.07, 6.45) is 1.80. The van der Waals surface area contributed by atoms with Gasteiger partial charge in [0, 0.05) is 44.8 Å². The van der Waals surface area contributed by atoms with Gasteiger partial charge in [-0.15, -0.1) is 0 Å². The van der Waals surface area contributed by atoms with Gasteiger partial charge in [-0.3, -0.25) is 14.5 Å². The van der Waals surface area contributed by atoms with Gasteiger partial charge in [0.1, 0.15) is 5.75 Å². The van der Waals surface area contributed by atoms with E-state index in [1.807, 2.05) is 28.0 Å². The number of para-hydroxylation sites is 1. The van der Waals surface area contributed by atoms with Crippen molar-refractivity contribution in [3.05, 3.63) is 59.7 Å². The number of benzene rings is 2. The van der Waals surface area contributed by atoms with Crippen LogP contribution >= 0.6 is 0 Å². The van der Waals surface area contributed by atoms with Crippen molar-refractivity contribution in [1.29, 1.82) is 0 Å². The van der Waals surface area contributed by atoms with E-state index in [0.29, 0.717) is 45.6 Å². The van der Waals surface area contributed by atoms with Crippen LogP contribution in [0.2, 0.25) is 0 Å². The van der Waals surface area contributed by atoms with Crippen molar-refractivity contribution in [2.75, 3.05) is 44.2 Å². The molecule has 0 N–H and O–H groups in total. The van der Waals surface area contributed by atoms with Gasteiger partial charge in [0.05, 0.1) is 6.54 Å². The second-order valence-electron chi connectivity index (χ2n) is 8.10. The van der Waals surface area contributed by atoms with Crippen LogP contribution in [0.25, 0.3) is 0 Å². The lowest BCUT2D eigenvalue weighted by Crippen LogP contribution is -2.51. The Morgan fingerprint density at radius 3 is 2.34 bits per heavy atom. The van der Waals surface area contributed by atoms with Gasteiger partial charge in [-0.25, -0.2) is 0 Å². The summed E-state index contributed by atoms with van der Waals surface area (Å²) in [5.41, 5.74) is 3.13. The molecule has 2 heterocycles. The molecule has 0 aliphatic carbocycles. The molecule has 0 saturated carbocycles. The van der Waals surface area contributed by atoms with Crippen molar-refractivity contribution in [2.24, 2.45) is 0 Å². The highest BCUT2D eigenvalue weighted by Gasteiger charge is 2.27. The van der Waals surface area contributed by atoms with Crippen molar-refractivity contribution in [2.45, 2.75) is 25.9 Å². The molecule has 2 amide bonds. The molecule has 0 atom stereocenters. The molecule has 2 aromatic carbocycles. The maximum Gasteiger partial charge on any atom is 0.387 e. The number of alkyl halides is 2. The molecule has 0 bridgehead atoms. The number of carbonyl (C=O) groups is 2. The predicted octanol–water partition coefficient (Wildman–Crippen LogP) is 2.95. The minimum absolute atomic E-state index is 0.0670. The number of amides is 2. The Kier molecular flexibility index (Phi) is 6.99. The molecule has 1 fully saturated rings. The monoisotopic (exact) mass is 443 g/mol. The average Bonchev–Trinajstić information content (AvgIpc) is 3.23. The second-order valence-corrected chi connectivity index (χ2v) is 8.10. The van der Waals surface area contributed by atoms with Crippen LogP contribution in [-0.4, -0.2) is 67.5 Å². The van der Waals surface area contributed by atoms with Gasteiger partial charge in [-0.2, -0.15) is 8.78 Å². The van der Waals surface area contributed by atoms with E-state index >= 15 is 0 Å². The minimum atomic E-state index is -2.84. The molecule has 8 heteroatoms. The zero-order chi connectivity index (χ0) is 22.5.